The van der Waals surface area contributed by atoms with Gasteiger partial charge in [-0.1, -0.05) is 32.3 Å². The van der Waals surface area contributed by atoms with Gasteiger partial charge in [0.25, 0.3) is 0 Å². The van der Waals surface area contributed by atoms with Gasteiger partial charge in [0.05, 0.1) is 12.2 Å². The molecule has 0 radical (unpaired) electrons. The Kier molecular flexibility index (Phi) is 9.96. The van der Waals surface area contributed by atoms with Crippen LogP contribution < -0.4 is 0 Å². The van der Waals surface area contributed by atoms with Crippen molar-refractivity contribution in [3.63, 3.8) is 0 Å². The quantitative estimate of drug-likeness (QED) is 0.360. The maximum atomic E-state index is 10.4. The fraction of sp³-hybridized carbons (Fsp3) is 0.850. The van der Waals surface area contributed by atoms with Crippen LogP contribution in [-0.4, -0.2) is 48.0 Å². The van der Waals surface area contributed by atoms with E-state index in [4.69, 9.17) is 14.6 Å². The van der Waals surface area contributed by atoms with Gasteiger partial charge >= 0.3 is 5.97 Å². The fourth-order valence-electron chi connectivity index (χ4n) is 4.01. The molecule has 0 spiro atoms. The number of hydrogen-bond acceptors (Lipinski definition) is 4. The Labute approximate surface area is 156 Å². The fourth-order valence-corrected chi connectivity index (χ4v) is 5.21. The molecule has 2 aliphatic heterocycles. The average molecular weight is 371 g/mol. The largest absolute Gasteiger partial charge is 0.478 e. The van der Waals surface area contributed by atoms with Crippen molar-refractivity contribution in [2.45, 2.75) is 70.5 Å². The molecule has 2 heterocycles. The van der Waals surface area contributed by atoms with Gasteiger partial charge in [-0.2, -0.15) is 11.8 Å². The van der Waals surface area contributed by atoms with Gasteiger partial charge in [-0.25, -0.2) is 4.79 Å². The standard InChI is InChI=1S/C20H34O4S/c1-2-3-4-6-12-23-13-11-16-17(19-10-9-18(16)24-19)15-25-14-7-5-8-20(21)22/h5,8,16-19H,2-4,6-7,9-15H2,1H3,(H,21,22)/t16-,17+,18-,19+/m1/s1. The van der Waals surface area contributed by atoms with Crippen LogP contribution in [0, 0.1) is 11.8 Å². The van der Waals surface area contributed by atoms with Crippen molar-refractivity contribution in [1.82, 2.24) is 0 Å². The minimum absolute atomic E-state index is 0.446. The second-order valence-electron chi connectivity index (χ2n) is 7.18. The van der Waals surface area contributed by atoms with E-state index in [0.29, 0.717) is 24.0 Å². The highest BCUT2D eigenvalue weighted by Gasteiger charge is 2.47. The van der Waals surface area contributed by atoms with E-state index in [1.807, 2.05) is 11.8 Å². The van der Waals surface area contributed by atoms with Crippen LogP contribution in [-0.2, 0) is 14.3 Å². The molecule has 5 heteroatoms. The van der Waals surface area contributed by atoms with E-state index in [-0.39, 0.29) is 0 Å². The number of carboxylic acids is 1. The smallest absolute Gasteiger partial charge is 0.327 e. The minimum Gasteiger partial charge on any atom is -0.478 e. The summed E-state index contributed by atoms with van der Waals surface area (Å²) < 4.78 is 12.0. The molecule has 4 nitrogen and oxygen atoms in total. The van der Waals surface area contributed by atoms with Crippen LogP contribution in [0.2, 0.25) is 0 Å². The maximum Gasteiger partial charge on any atom is 0.327 e. The van der Waals surface area contributed by atoms with E-state index in [1.54, 1.807) is 6.08 Å². The summed E-state index contributed by atoms with van der Waals surface area (Å²) in [6.45, 7) is 4.00. The van der Waals surface area contributed by atoms with Gasteiger partial charge in [0, 0.05) is 19.3 Å². The van der Waals surface area contributed by atoms with Crippen LogP contribution in [0.3, 0.4) is 0 Å². The molecule has 2 rings (SSSR count). The van der Waals surface area contributed by atoms with E-state index >= 15 is 0 Å². The third-order valence-electron chi connectivity index (χ3n) is 5.33. The Morgan fingerprint density at radius 3 is 2.76 bits per heavy atom. The van der Waals surface area contributed by atoms with Crippen molar-refractivity contribution in [1.29, 1.82) is 0 Å². The molecule has 25 heavy (non-hydrogen) atoms. The number of hydrogen-bond donors (Lipinski definition) is 1. The molecule has 2 aliphatic rings. The van der Waals surface area contributed by atoms with Crippen molar-refractivity contribution < 1.29 is 19.4 Å². The summed E-state index contributed by atoms with van der Waals surface area (Å²) >= 11 is 1.93. The average Bonchev–Trinajstić information content (AvgIpc) is 3.19. The molecule has 4 atom stereocenters. The van der Waals surface area contributed by atoms with Crippen LogP contribution in [0.5, 0.6) is 0 Å². The molecule has 2 fully saturated rings. The zero-order chi connectivity index (χ0) is 17.9. The molecule has 144 valence electrons. The lowest BCUT2D eigenvalue weighted by atomic mass is 9.79. The zero-order valence-corrected chi connectivity index (χ0v) is 16.3. The van der Waals surface area contributed by atoms with Gasteiger partial charge in [-0.15, -0.1) is 0 Å². The highest BCUT2D eigenvalue weighted by atomic mass is 32.2. The summed E-state index contributed by atoms with van der Waals surface area (Å²) in [7, 11) is 0. The van der Waals surface area contributed by atoms with Crippen LogP contribution in [0.15, 0.2) is 12.2 Å². The maximum absolute atomic E-state index is 10.4. The molecule has 0 aromatic rings. The predicted molar refractivity (Wildman–Crippen MR) is 103 cm³/mol. The first kappa shape index (κ1) is 20.8. The first-order chi connectivity index (χ1) is 12.2. The van der Waals surface area contributed by atoms with Crippen molar-refractivity contribution >= 4 is 17.7 Å². The Bertz CT molecular complexity index is 413. The van der Waals surface area contributed by atoms with E-state index in [9.17, 15) is 4.79 Å². The topological polar surface area (TPSA) is 55.8 Å². The van der Waals surface area contributed by atoms with Gasteiger partial charge in [0.1, 0.15) is 0 Å². The van der Waals surface area contributed by atoms with Crippen LogP contribution in [0.4, 0.5) is 0 Å². The van der Waals surface area contributed by atoms with Crippen LogP contribution in [0.1, 0.15) is 58.3 Å². The van der Waals surface area contributed by atoms with Gasteiger partial charge in [-0.3, -0.25) is 0 Å². The van der Waals surface area contributed by atoms with E-state index in [0.717, 1.165) is 37.6 Å². The summed E-state index contributed by atoms with van der Waals surface area (Å²) in [6, 6.07) is 0. The van der Waals surface area contributed by atoms with Crippen LogP contribution in [0.25, 0.3) is 0 Å². The van der Waals surface area contributed by atoms with Crippen molar-refractivity contribution in [3.05, 3.63) is 12.2 Å². The Hall–Kier alpha value is -0.520. The number of carbonyl (C=O) groups is 1. The van der Waals surface area contributed by atoms with E-state index < -0.39 is 5.97 Å². The van der Waals surface area contributed by atoms with Gasteiger partial charge in [0.15, 0.2) is 0 Å². The Morgan fingerprint density at radius 1 is 1.20 bits per heavy atom. The van der Waals surface area contributed by atoms with Crippen molar-refractivity contribution in [3.8, 4) is 0 Å². The lowest BCUT2D eigenvalue weighted by Gasteiger charge is -2.27. The second kappa shape index (κ2) is 12.0. The summed E-state index contributed by atoms with van der Waals surface area (Å²) in [4.78, 5) is 10.4. The summed E-state index contributed by atoms with van der Waals surface area (Å²) in [5, 5.41) is 8.59. The summed E-state index contributed by atoms with van der Waals surface area (Å²) in [6.07, 6.45) is 13.3. The highest BCUT2D eigenvalue weighted by Crippen LogP contribution is 2.46. The van der Waals surface area contributed by atoms with Gasteiger partial charge < -0.3 is 14.6 Å². The number of unbranched alkanes of at least 4 members (excludes halogenated alkanes) is 3. The lowest BCUT2D eigenvalue weighted by Crippen LogP contribution is -2.30. The minimum atomic E-state index is -0.860. The first-order valence-corrected chi connectivity index (χ1v) is 11.1. The summed E-state index contributed by atoms with van der Waals surface area (Å²) in [5.41, 5.74) is 0. The molecule has 0 amide bonds. The predicted octanol–water partition coefficient (Wildman–Crippen LogP) is 4.53. The van der Waals surface area contributed by atoms with Gasteiger partial charge in [0.2, 0.25) is 0 Å². The molecule has 1 N–H and O–H groups in total. The van der Waals surface area contributed by atoms with Crippen molar-refractivity contribution in [2.75, 3.05) is 24.7 Å². The van der Waals surface area contributed by atoms with Crippen LogP contribution >= 0.6 is 11.8 Å². The Morgan fingerprint density at radius 2 is 2.00 bits per heavy atom. The number of aliphatic carboxylic acids is 1. The van der Waals surface area contributed by atoms with E-state index in [2.05, 4.69) is 6.92 Å². The third kappa shape index (κ3) is 7.32. The zero-order valence-electron chi connectivity index (χ0n) is 15.5. The number of ether oxygens (including phenoxy) is 2. The molecular formula is C20H34O4S. The lowest BCUT2D eigenvalue weighted by molar-refractivity contribution is -0.131. The van der Waals surface area contributed by atoms with E-state index in [1.165, 1.54) is 44.6 Å². The first-order valence-electron chi connectivity index (χ1n) is 9.92. The third-order valence-corrected chi connectivity index (χ3v) is 6.47. The molecule has 0 aliphatic carbocycles. The SMILES string of the molecule is CCCCCCOCC[C@@H]1[C@H](CSCCC=CC(=O)O)[C@@H]2CC[C@H]1O2. The monoisotopic (exact) mass is 370 g/mol. The highest BCUT2D eigenvalue weighted by molar-refractivity contribution is 7.99. The molecule has 2 bridgehead atoms. The molecule has 0 aromatic carbocycles. The number of carboxylic acid groups (broad SMARTS) is 1. The van der Waals surface area contributed by atoms with Crippen molar-refractivity contribution in [2.24, 2.45) is 11.8 Å². The number of rotatable bonds is 14. The molecule has 0 unspecified atom stereocenters. The number of allylic oxidation sites excluding steroid dienone is 1. The molecule has 2 saturated heterocycles. The number of thioether (sulfide) groups is 1. The number of fused-ring (bicyclic) bond motifs is 2. The molecular weight excluding hydrogens is 336 g/mol. The molecule has 0 saturated carbocycles. The van der Waals surface area contributed by atoms with Gasteiger partial charge in [-0.05, 0) is 55.4 Å². The summed E-state index contributed by atoms with van der Waals surface area (Å²) in [5.74, 6) is 2.55. The molecule has 0 aromatic heterocycles. The normalized spacial score (nSPS) is 28.2. The Balaban J connectivity index is 1.60. The second-order valence-corrected chi connectivity index (χ2v) is 8.33.